The van der Waals surface area contributed by atoms with Crippen molar-refractivity contribution in [2.75, 3.05) is 33.5 Å². The molecule has 144 valence electrons. The summed E-state index contributed by atoms with van der Waals surface area (Å²) in [5, 5.41) is 0. The van der Waals surface area contributed by atoms with Crippen molar-refractivity contribution in [2.45, 2.75) is 26.0 Å². The van der Waals surface area contributed by atoms with Gasteiger partial charge in [-0.3, -0.25) is 9.69 Å². The Bertz CT molecular complexity index is 821. The van der Waals surface area contributed by atoms with Crippen molar-refractivity contribution in [3.63, 3.8) is 0 Å². The molecule has 1 fully saturated rings. The summed E-state index contributed by atoms with van der Waals surface area (Å²) in [5.41, 5.74) is 0.318. The summed E-state index contributed by atoms with van der Waals surface area (Å²) in [6.45, 7) is 4.75. The number of carbonyl (C=O) groups is 1. The second kappa shape index (κ2) is 7.48. The van der Waals surface area contributed by atoms with Gasteiger partial charge in [-0.15, -0.1) is 0 Å². The molecule has 2 aliphatic rings. The molecule has 1 unspecified atom stereocenters. The largest absolute Gasteiger partial charge is 0.484 e. The van der Waals surface area contributed by atoms with Crippen LogP contribution in [0.2, 0.25) is 0 Å². The van der Waals surface area contributed by atoms with E-state index in [9.17, 15) is 4.79 Å². The molecule has 0 aliphatic carbocycles. The van der Waals surface area contributed by atoms with Gasteiger partial charge in [-0.05, 0) is 25.6 Å². The minimum Gasteiger partial charge on any atom is -0.484 e. The lowest BCUT2D eigenvalue weighted by atomic mass is 10.1. The summed E-state index contributed by atoms with van der Waals surface area (Å²) < 4.78 is 21.7. The maximum atomic E-state index is 12.7. The number of hydrogen-bond acceptors (Lipinski definition) is 7. The summed E-state index contributed by atoms with van der Waals surface area (Å²) in [5.74, 6) is 2.23. The Morgan fingerprint density at radius 2 is 2.15 bits per heavy atom. The highest BCUT2D eigenvalue weighted by atomic mass is 16.7. The third kappa shape index (κ3) is 3.71. The number of rotatable bonds is 5. The van der Waals surface area contributed by atoms with Crippen LogP contribution in [0.5, 0.6) is 17.2 Å². The van der Waals surface area contributed by atoms with E-state index in [1.807, 2.05) is 4.90 Å². The molecular weight excluding hydrogens is 350 g/mol. The number of hydrogen-bond donors (Lipinski definition) is 0. The predicted molar refractivity (Wildman–Crippen MR) is 96.0 cm³/mol. The van der Waals surface area contributed by atoms with Crippen LogP contribution < -0.4 is 14.2 Å². The first-order valence-electron chi connectivity index (χ1n) is 9.10. The number of carbonyl (C=O) groups excluding carboxylic acids is 1. The third-order valence-electron chi connectivity index (χ3n) is 5.01. The van der Waals surface area contributed by atoms with E-state index >= 15 is 0 Å². The zero-order chi connectivity index (χ0) is 18.8. The Kier molecular flexibility index (Phi) is 4.89. The smallest absolute Gasteiger partial charge is 0.275 e. The summed E-state index contributed by atoms with van der Waals surface area (Å²) in [6.07, 6.45) is 2.41. The SMILES string of the molecule is CCC1CN(C(=O)c2coc(COc3ccc4c(c3)OCO4)n2)CCN1C. The lowest BCUT2D eigenvalue weighted by Gasteiger charge is -2.38. The van der Waals surface area contributed by atoms with E-state index in [4.69, 9.17) is 18.6 Å². The first-order valence-corrected chi connectivity index (χ1v) is 9.10. The summed E-state index contributed by atoms with van der Waals surface area (Å²) in [7, 11) is 2.09. The molecule has 0 radical (unpaired) electrons. The lowest BCUT2D eigenvalue weighted by Crippen LogP contribution is -2.53. The molecule has 0 saturated carbocycles. The van der Waals surface area contributed by atoms with Crippen LogP contribution >= 0.6 is 0 Å². The van der Waals surface area contributed by atoms with E-state index in [0.29, 0.717) is 48.0 Å². The van der Waals surface area contributed by atoms with Gasteiger partial charge in [0.2, 0.25) is 12.7 Å². The minimum atomic E-state index is -0.0976. The van der Waals surface area contributed by atoms with E-state index in [1.54, 1.807) is 18.2 Å². The van der Waals surface area contributed by atoms with Crippen molar-refractivity contribution in [1.29, 1.82) is 0 Å². The zero-order valence-corrected chi connectivity index (χ0v) is 15.5. The van der Waals surface area contributed by atoms with Crippen molar-refractivity contribution >= 4 is 5.91 Å². The van der Waals surface area contributed by atoms with Crippen molar-refractivity contribution in [2.24, 2.45) is 0 Å². The molecule has 1 atom stereocenters. The fraction of sp³-hybridized carbons (Fsp3) is 0.474. The topological polar surface area (TPSA) is 77.3 Å². The summed E-state index contributed by atoms with van der Waals surface area (Å²) in [4.78, 5) is 21.1. The average molecular weight is 373 g/mol. The Morgan fingerprint density at radius 1 is 1.30 bits per heavy atom. The summed E-state index contributed by atoms with van der Waals surface area (Å²) in [6, 6.07) is 5.72. The zero-order valence-electron chi connectivity index (χ0n) is 15.5. The Labute approximate surface area is 157 Å². The highest BCUT2D eigenvalue weighted by molar-refractivity contribution is 5.92. The highest BCUT2D eigenvalue weighted by Gasteiger charge is 2.28. The molecular formula is C19H23N3O5. The second-order valence-electron chi connectivity index (χ2n) is 6.72. The van der Waals surface area contributed by atoms with Gasteiger partial charge in [0.15, 0.2) is 23.8 Å². The Balaban J connectivity index is 1.36. The average Bonchev–Trinajstić information content (AvgIpc) is 3.35. The number of fused-ring (bicyclic) bond motifs is 1. The van der Waals surface area contributed by atoms with Gasteiger partial charge in [0, 0.05) is 31.7 Å². The molecule has 1 amide bonds. The Hall–Kier alpha value is -2.74. The fourth-order valence-electron chi connectivity index (χ4n) is 3.32. The number of aromatic nitrogens is 1. The molecule has 1 aromatic carbocycles. The molecule has 3 heterocycles. The minimum absolute atomic E-state index is 0.0976. The second-order valence-corrected chi connectivity index (χ2v) is 6.72. The van der Waals surface area contributed by atoms with Gasteiger partial charge < -0.3 is 23.5 Å². The molecule has 1 aromatic heterocycles. The molecule has 0 N–H and O–H groups in total. The van der Waals surface area contributed by atoms with Gasteiger partial charge in [-0.2, -0.15) is 0 Å². The monoisotopic (exact) mass is 373 g/mol. The first-order chi connectivity index (χ1) is 13.1. The van der Waals surface area contributed by atoms with Crippen LogP contribution in [0.3, 0.4) is 0 Å². The van der Waals surface area contributed by atoms with Crippen molar-refractivity contribution in [1.82, 2.24) is 14.8 Å². The molecule has 0 spiro atoms. The maximum Gasteiger partial charge on any atom is 0.275 e. The van der Waals surface area contributed by atoms with E-state index in [0.717, 1.165) is 13.0 Å². The molecule has 2 aliphatic heterocycles. The summed E-state index contributed by atoms with van der Waals surface area (Å²) >= 11 is 0. The molecule has 8 nitrogen and oxygen atoms in total. The molecule has 8 heteroatoms. The van der Waals surface area contributed by atoms with Crippen LogP contribution in [0.15, 0.2) is 28.9 Å². The van der Waals surface area contributed by atoms with Crippen LogP contribution in [-0.4, -0.2) is 60.2 Å². The number of nitrogens with zero attached hydrogens (tertiary/aromatic N) is 3. The standard InChI is InChI=1S/C19H23N3O5/c1-3-13-9-22(7-6-21(13)2)19(23)15-10-25-18(20-15)11-24-14-4-5-16-17(8-14)27-12-26-16/h4-5,8,10,13H,3,6-7,9,11-12H2,1-2H3. The number of oxazole rings is 1. The molecule has 1 saturated heterocycles. The van der Waals surface area contributed by atoms with Gasteiger partial charge in [0.1, 0.15) is 12.0 Å². The maximum absolute atomic E-state index is 12.7. The van der Waals surface area contributed by atoms with Gasteiger partial charge in [0.05, 0.1) is 0 Å². The number of piperazine rings is 1. The van der Waals surface area contributed by atoms with Gasteiger partial charge in [-0.1, -0.05) is 6.92 Å². The van der Waals surface area contributed by atoms with E-state index in [1.165, 1.54) is 6.26 Å². The highest BCUT2D eigenvalue weighted by Crippen LogP contribution is 2.35. The van der Waals surface area contributed by atoms with Crippen LogP contribution in [0.1, 0.15) is 29.7 Å². The van der Waals surface area contributed by atoms with Crippen LogP contribution in [0.25, 0.3) is 0 Å². The predicted octanol–water partition coefficient (Wildman–Crippen LogP) is 2.15. The third-order valence-corrected chi connectivity index (χ3v) is 5.01. The van der Waals surface area contributed by atoms with Crippen molar-refractivity contribution in [3.8, 4) is 17.2 Å². The van der Waals surface area contributed by atoms with E-state index in [-0.39, 0.29) is 19.3 Å². The molecule has 0 bridgehead atoms. The number of likely N-dealkylation sites (N-methyl/N-ethyl adjacent to an activating group) is 1. The van der Waals surface area contributed by atoms with Crippen LogP contribution in [0, 0.1) is 0 Å². The van der Waals surface area contributed by atoms with Crippen molar-refractivity contribution < 1.29 is 23.4 Å². The van der Waals surface area contributed by atoms with Gasteiger partial charge in [-0.25, -0.2) is 4.98 Å². The van der Waals surface area contributed by atoms with Gasteiger partial charge >= 0.3 is 0 Å². The van der Waals surface area contributed by atoms with Crippen LogP contribution in [-0.2, 0) is 6.61 Å². The van der Waals surface area contributed by atoms with Crippen LogP contribution in [0.4, 0.5) is 0 Å². The molecule has 4 rings (SSSR count). The normalized spacial score (nSPS) is 19.3. The Morgan fingerprint density at radius 3 is 3.00 bits per heavy atom. The number of ether oxygens (including phenoxy) is 3. The quantitative estimate of drug-likeness (QED) is 0.795. The van der Waals surface area contributed by atoms with Crippen molar-refractivity contribution in [3.05, 3.63) is 36.0 Å². The molecule has 2 aromatic rings. The molecule has 27 heavy (non-hydrogen) atoms. The first kappa shape index (κ1) is 17.7. The van der Waals surface area contributed by atoms with E-state index < -0.39 is 0 Å². The number of benzene rings is 1. The fourth-order valence-corrected chi connectivity index (χ4v) is 3.32. The van der Waals surface area contributed by atoms with Gasteiger partial charge in [0.25, 0.3) is 5.91 Å². The van der Waals surface area contributed by atoms with E-state index in [2.05, 4.69) is 23.9 Å². The number of amides is 1. The lowest BCUT2D eigenvalue weighted by molar-refractivity contribution is 0.0536.